The largest absolute Gasteiger partial charge is 0.263 e. The van der Waals surface area contributed by atoms with Crippen molar-refractivity contribution in [1.29, 1.82) is 0 Å². The highest BCUT2D eigenvalue weighted by molar-refractivity contribution is 7.89. The number of hydrogen-bond acceptors (Lipinski definition) is 3. The Morgan fingerprint density at radius 3 is 2.56 bits per heavy atom. The van der Waals surface area contributed by atoms with Crippen molar-refractivity contribution in [3.05, 3.63) is 47.0 Å². The maximum Gasteiger partial charge on any atom is 0.247 e. The fraction of sp³-hybridized carbons (Fsp3) is 0.550. The molecule has 0 bridgehead atoms. The van der Waals surface area contributed by atoms with Crippen LogP contribution in [0.3, 0.4) is 0 Å². The lowest BCUT2D eigenvalue weighted by Crippen LogP contribution is -2.37. The summed E-state index contributed by atoms with van der Waals surface area (Å²) in [7, 11) is -3.66. The summed E-state index contributed by atoms with van der Waals surface area (Å²) >= 11 is 0. The normalized spacial score (nSPS) is 19.0. The number of halogens is 1. The van der Waals surface area contributed by atoms with Crippen LogP contribution < -0.4 is 0 Å². The van der Waals surface area contributed by atoms with E-state index in [1.165, 1.54) is 12.1 Å². The summed E-state index contributed by atoms with van der Waals surface area (Å²) in [5.74, 6) is -0.293. The topological polar surface area (TPSA) is 55.2 Å². The third kappa shape index (κ3) is 3.80. The number of benzene rings is 1. The second-order valence-corrected chi connectivity index (χ2v) is 10.2. The molecule has 1 fully saturated rings. The van der Waals surface area contributed by atoms with Gasteiger partial charge in [-0.2, -0.15) is 9.40 Å². The van der Waals surface area contributed by atoms with Crippen molar-refractivity contribution in [3.63, 3.8) is 0 Å². The molecule has 3 rings (SSSR count). The van der Waals surface area contributed by atoms with E-state index in [1.807, 2.05) is 33.8 Å². The molecule has 1 aliphatic rings. The molecule has 0 aliphatic carbocycles. The van der Waals surface area contributed by atoms with E-state index in [1.54, 1.807) is 22.0 Å². The molecule has 1 saturated heterocycles. The molecule has 7 heteroatoms. The fourth-order valence-electron chi connectivity index (χ4n) is 4.04. The van der Waals surface area contributed by atoms with E-state index in [0.717, 1.165) is 18.4 Å². The average Bonchev–Trinajstić information content (AvgIpc) is 3.11. The Labute approximate surface area is 161 Å². The molecule has 0 N–H and O–H groups in total. The second-order valence-electron chi connectivity index (χ2n) is 8.33. The first-order chi connectivity index (χ1) is 12.5. The maximum absolute atomic E-state index is 13.5. The quantitative estimate of drug-likeness (QED) is 0.794. The van der Waals surface area contributed by atoms with Crippen LogP contribution in [-0.2, 0) is 22.0 Å². The van der Waals surface area contributed by atoms with Crippen molar-refractivity contribution in [1.82, 2.24) is 14.1 Å². The minimum Gasteiger partial charge on any atom is -0.263 e. The van der Waals surface area contributed by atoms with Crippen LogP contribution in [0.4, 0.5) is 4.39 Å². The minimum absolute atomic E-state index is 0.159. The van der Waals surface area contributed by atoms with Gasteiger partial charge in [0.05, 0.1) is 16.9 Å². The zero-order valence-electron chi connectivity index (χ0n) is 16.7. The SMILES string of the molecule is Cc1nn(C(C)(C)C)c(C)c1S(=O)(=O)N1CCCC1Cc1cccc(F)c1. The molecule has 1 unspecified atom stereocenters. The summed E-state index contributed by atoms with van der Waals surface area (Å²) in [5, 5.41) is 4.50. The first-order valence-electron chi connectivity index (χ1n) is 9.35. The molecule has 1 aromatic heterocycles. The highest BCUT2D eigenvalue weighted by Crippen LogP contribution is 2.32. The standard InChI is InChI=1S/C20H28FN3O2S/c1-14-19(15(2)24(22-14)20(3,4)5)27(25,26)23-11-7-10-18(23)13-16-8-6-9-17(21)12-16/h6,8-9,12,18H,7,10-11,13H2,1-5H3. The zero-order chi connectivity index (χ0) is 20.0. The summed E-state index contributed by atoms with van der Waals surface area (Å²) < 4.78 is 43.8. The molecule has 2 aromatic rings. The third-order valence-corrected chi connectivity index (χ3v) is 7.32. The number of hydrogen-bond donors (Lipinski definition) is 0. The van der Waals surface area contributed by atoms with Gasteiger partial charge in [-0.3, -0.25) is 4.68 Å². The van der Waals surface area contributed by atoms with Crippen molar-refractivity contribution in [2.24, 2.45) is 0 Å². The Morgan fingerprint density at radius 2 is 1.96 bits per heavy atom. The van der Waals surface area contributed by atoms with Gasteiger partial charge in [-0.1, -0.05) is 12.1 Å². The van der Waals surface area contributed by atoms with E-state index in [2.05, 4.69) is 5.10 Å². The van der Waals surface area contributed by atoms with Crippen molar-refractivity contribution >= 4 is 10.0 Å². The molecular formula is C20H28FN3O2S. The van der Waals surface area contributed by atoms with Gasteiger partial charge in [0, 0.05) is 12.6 Å². The Balaban J connectivity index is 1.96. The highest BCUT2D eigenvalue weighted by atomic mass is 32.2. The number of rotatable bonds is 4. The summed E-state index contributed by atoms with van der Waals surface area (Å²) in [6.45, 7) is 10.1. The van der Waals surface area contributed by atoms with Crippen LogP contribution in [0, 0.1) is 19.7 Å². The van der Waals surface area contributed by atoms with E-state index in [-0.39, 0.29) is 17.4 Å². The Kier molecular flexibility index (Phi) is 5.20. The van der Waals surface area contributed by atoms with E-state index >= 15 is 0 Å². The monoisotopic (exact) mass is 393 g/mol. The molecule has 1 aromatic carbocycles. The lowest BCUT2D eigenvalue weighted by atomic mass is 10.0. The van der Waals surface area contributed by atoms with Gasteiger partial charge in [0.1, 0.15) is 10.7 Å². The fourth-order valence-corrected chi connectivity index (χ4v) is 6.09. The second kappa shape index (κ2) is 7.02. The predicted octanol–water partition coefficient (Wildman–Crippen LogP) is 3.79. The molecule has 1 aliphatic heterocycles. The number of aromatic nitrogens is 2. The van der Waals surface area contributed by atoms with Crippen LogP contribution in [0.1, 0.15) is 50.6 Å². The third-order valence-electron chi connectivity index (χ3n) is 5.11. The molecular weight excluding hydrogens is 365 g/mol. The van der Waals surface area contributed by atoms with Crippen molar-refractivity contribution in [2.45, 2.75) is 70.4 Å². The Bertz CT molecular complexity index is 945. The lowest BCUT2D eigenvalue weighted by molar-refractivity contribution is 0.345. The molecule has 148 valence electrons. The van der Waals surface area contributed by atoms with Gasteiger partial charge in [0.15, 0.2) is 0 Å². The van der Waals surface area contributed by atoms with Gasteiger partial charge in [0.25, 0.3) is 0 Å². The van der Waals surface area contributed by atoms with Crippen molar-refractivity contribution in [3.8, 4) is 0 Å². The highest BCUT2D eigenvalue weighted by Gasteiger charge is 2.39. The van der Waals surface area contributed by atoms with Gasteiger partial charge >= 0.3 is 0 Å². The number of nitrogens with zero attached hydrogens (tertiary/aromatic N) is 3. The Morgan fingerprint density at radius 1 is 1.26 bits per heavy atom. The molecule has 2 heterocycles. The predicted molar refractivity (Wildman–Crippen MR) is 104 cm³/mol. The molecule has 0 spiro atoms. The summed E-state index contributed by atoms with van der Waals surface area (Å²) in [5.41, 5.74) is 1.71. The lowest BCUT2D eigenvalue weighted by Gasteiger charge is -2.25. The summed E-state index contributed by atoms with van der Waals surface area (Å²) in [4.78, 5) is 0.309. The molecule has 0 radical (unpaired) electrons. The van der Waals surface area contributed by atoms with E-state index in [4.69, 9.17) is 0 Å². The van der Waals surface area contributed by atoms with E-state index in [9.17, 15) is 12.8 Å². The van der Waals surface area contributed by atoms with Crippen molar-refractivity contribution < 1.29 is 12.8 Å². The summed E-state index contributed by atoms with van der Waals surface area (Å²) in [6.07, 6.45) is 2.11. The molecule has 1 atom stereocenters. The van der Waals surface area contributed by atoms with Gasteiger partial charge in [-0.05, 0) is 71.6 Å². The zero-order valence-corrected chi connectivity index (χ0v) is 17.5. The van der Waals surface area contributed by atoms with Crippen LogP contribution >= 0.6 is 0 Å². The van der Waals surface area contributed by atoms with Gasteiger partial charge < -0.3 is 0 Å². The first kappa shape index (κ1) is 20.0. The van der Waals surface area contributed by atoms with Crippen LogP contribution in [0.25, 0.3) is 0 Å². The smallest absolute Gasteiger partial charge is 0.247 e. The van der Waals surface area contributed by atoms with Crippen LogP contribution in [0.2, 0.25) is 0 Å². The molecule has 27 heavy (non-hydrogen) atoms. The molecule has 0 amide bonds. The van der Waals surface area contributed by atoms with Gasteiger partial charge in [-0.25, -0.2) is 12.8 Å². The van der Waals surface area contributed by atoms with E-state index < -0.39 is 10.0 Å². The molecule has 5 nitrogen and oxygen atoms in total. The first-order valence-corrected chi connectivity index (χ1v) is 10.8. The van der Waals surface area contributed by atoms with Crippen LogP contribution in [0.5, 0.6) is 0 Å². The van der Waals surface area contributed by atoms with Crippen LogP contribution in [-0.4, -0.2) is 35.1 Å². The number of sulfonamides is 1. The van der Waals surface area contributed by atoms with Crippen molar-refractivity contribution in [2.75, 3.05) is 6.54 Å². The maximum atomic E-state index is 13.5. The number of aryl methyl sites for hydroxylation is 1. The Hall–Kier alpha value is -1.73. The average molecular weight is 394 g/mol. The molecule has 0 saturated carbocycles. The minimum atomic E-state index is -3.66. The van der Waals surface area contributed by atoms with Crippen LogP contribution in [0.15, 0.2) is 29.2 Å². The van der Waals surface area contributed by atoms with Gasteiger partial charge in [-0.15, -0.1) is 0 Å². The van der Waals surface area contributed by atoms with E-state index in [0.29, 0.717) is 29.2 Å². The summed E-state index contributed by atoms with van der Waals surface area (Å²) in [6, 6.07) is 6.24. The van der Waals surface area contributed by atoms with Gasteiger partial charge in [0.2, 0.25) is 10.0 Å².